The molecule has 0 bridgehead atoms. The predicted molar refractivity (Wildman–Crippen MR) is 112 cm³/mol. The highest BCUT2D eigenvalue weighted by atomic mass is 35.5. The molecule has 30 heavy (non-hydrogen) atoms. The van der Waals surface area contributed by atoms with E-state index in [9.17, 15) is 22.8 Å². The van der Waals surface area contributed by atoms with E-state index < -0.39 is 28.5 Å². The van der Waals surface area contributed by atoms with E-state index in [0.717, 1.165) is 4.31 Å². The van der Waals surface area contributed by atoms with Crippen LogP contribution in [0.2, 0.25) is 5.02 Å². The number of halogens is 1. The zero-order valence-electron chi connectivity index (χ0n) is 16.4. The van der Waals surface area contributed by atoms with Crippen LogP contribution < -0.4 is 10.6 Å². The first-order valence-corrected chi connectivity index (χ1v) is 10.4. The molecule has 2 amide bonds. The molecule has 0 fully saturated rings. The molecule has 0 saturated carbocycles. The minimum absolute atomic E-state index is 0.0100. The van der Waals surface area contributed by atoms with Gasteiger partial charge in [0.05, 0.1) is 10.6 Å². The maximum Gasteiger partial charge on any atom is 0.338 e. The third-order valence-electron chi connectivity index (χ3n) is 3.75. The summed E-state index contributed by atoms with van der Waals surface area (Å²) in [5.41, 5.74) is 0.895. The highest BCUT2D eigenvalue weighted by Gasteiger charge is 2.21. The molecule has 2 aromatic rings. The fourth-order valence-electron chi connectivity index (χ4n) is 2.28. The first kappa shape index (κ1) is 23.3. The monoisotopic (exact) mass is 453 g/mol. The average Bonchev–Trinajstić information content (AvgIpc) is 2.67. The van der Waals surface area contributed by atoms with E-state index in [1.165, 1.54) is 63.5 Å². The summed E-state index contributed by atoms with van der Waals surface area (Å²) >= 11 is 5.96. The van der Waals surface area contributed by atoms with Crippen LogP contribution in [-0.2, 0) is 24.3 Å². The van der Waals surface area contributed by atoms with Crippen LogP contribution in [0.25, 0.3) is 0 Å². The molecule has 0 radical (unpaired) electrons. The van der Waals surface area contributed by atoms with Gasteiger partial charge in [0.25, 0.3) is 5.91 Å². The molecule has 2 N–H and O–H groups in total. The smallest absolute Gasteiger partial charge is 0.338 e. The average molecular weight is 454 g/mol. The number of carbonyl (C=O) groups excluding carboxylic acids is 3. The second-order valence-electron chi connectivity index (χ2n) is 6.32. The van der Waals surface area contributed by atoms with E-state index in [-0.39, 0.29) is 27.1 Å². The molecule has 0 aromatic heterocycles. The maximum atomic E-state index is 12.3. The number of sulfonamides is 1. The number of benzene rings is 2. The van der Waals surface area contributed by atoms with Crippen molar-refractivity contribution >= 4 is 50.8 Å². The van der Waals surface area contributed by atoms with Gasteiger partial charge in [-0.1, -0.05) is 11.6 Å². The lowest BCUT2D eigenvalue weighted by Crippen LogP contribution is -2.23. The number of rotatable bonds is 7. The summed E-state index contributed by atoms with van der Waals surface area (Å²) < 4.78 is 30.5. The molecule has 0 aliphatic carbocycles. The molecule has 0 aliphatic rings. The van der Waals surface area contributed by atoms with Crippen LogP contribution >= 0.6 is 11.6 Å². The summed E-state index contributed by atoms with van der Waals surface area (Å²) in [6, 6.07) is 9.94. The van der Waals surface area contributed by atoms with Gasteiger partial charge in [0.15, 0.2) is 6.61 Å². The van der Waals surface area contributed by atoms with E-state index in [0.29, 0.717) is 5.69 Å². The number of carbonyl (C=O) groups is 3. The Labute approximate surface area is 179 Å². The van der Waals surface area contributed by atoms with Crippen molar-refractivity contribution in [2.75, 3.05) is 31.3 Å². The Bertz CT molecular complexity index is 1070. The van der Waals surface area contributed by atoms with Crippen molar-refractivity contribution in [2.24, 2.45) is 0 Å². The molecule has 0 saturated heterocycles. The molecule has 11 heteroatoms. The third kappa shape index (κ3) is 6.02. The fraction of sp³-hybridized carbons (Fsp3) is 0.211. The maximum absolute atomic E-state index is 12.3. The topological polar surface area (TPSA) is 122 Å². The molecule has 2 rings (SSSR count). The molecule has 0 heterocycles. The summed E-state index contributed by atoms with van der Waals surface area (Å²) in [7, 11) is -1.08. The quantitative estimate of drug-likeness (QED) is 0.620. The van der Waals surface area contributed by atoms with Gasteiger partial charge >= 0.3 is 5.97 Å². The van der Waals surface area contributed by atoms with Crippen molar-refractivity contribution < 1.29 is 27.5 Å². The van der Waals surface area contributed by atoms with Crippen LogP contribution in [0, 0.1) is 0 Å². The van der Waals surface area contributed by atoms with E-state index in [2.05, 4.69) is 10.6 Å². The lowest BCUT2D eigenvalue weighted by Gasteiger charge is -2.14. The Balaban J connectivity index is 1.99. The zero-order chi connectivity index (χ0) is 22.5. The number of nitrogens with one attached hydrogen (secondary N) is 2. The molecule has 160 valence electrons. The van der Waals surface area contributed by atoms with Crippen LogP contribution in [0.1, 0.15) is 17.3 Å². The van der Waals surface area contributed by atoms with Gasteiger partial charge in [-0.3, -0.25) is 9.59 Å². The van der Waals surface area contributed by atoms with Gasteiger partial charge in [0.1, 0.15) is 4.90 Å². The molecular weight excluding hydrogens is 434 g/mol. The normalized spacial score (nSPS) is 11.1. The van der Waals surface area contributed by atoms with Crippen LogP contribution in [0.3, 0.4) is 0 Å². The highest BCUT2D eigenvalue weighted by Crippen LogP contribution is 2.26. The Morgan fingerprint density at radius 2 is 1.60 bits per heavy atom. The molecule has 0 aliphatic heterocycles. The van der Waals surface area contributed by atoms with Gasteiger partial charge in [-0.05, 0) is 42.5 Å². The minimum Gasteiger partial charge on any atom is -0.452 e. The van der Waals surface area contributed by atoms with E-state index in [1.807, 2.05) is 0 Å². The van der Waals surface area contributed by atoms with Gasteiger partial charge in [0, 0.05) is 32.4 Å². The van der Waals surface area contributed by atoms with Gasteiger partial charge in [-0.2, -0.15) is 0 Å². The lowest BCUT2D eigenvalue weighted by molar-refractivity contribution is -0.119. The van der Waals surface area contributed by atoms with Gasteiger partial charge in [0.2, 0.25) is 15.9 Å². The van der Waals surface area contributed by atoms with Crippen molar-refractivity contribution in [1.82, 2.24) is 4.31 Å². The number of ether oxygens (including phenoxy) is 1. The Morgan fingerprint density at radius 1 is 1.00 bits per heavy atom. The van der Waals surface area contributed by atoms with Crippen LogP contribution in [0.5, 0.6) is 0 Å². The van der Waals surface area contributed by atoms with E-state index in [4.69, 9.17) is 16.3 Å². The van der Waals surface area contributed by atoms with Crippen LogP contribution in [0.15, 0.2) is 47.4 Å². The van der Waals surface area contributed by atoms with Crippen LogP contribution in [0.4, 0.5) is 11.4 Å². The number of esters is 1. The number of nitrogens with zero attached hydrogens (tertiary/aromatic N) is 1. The minimum atomic E-state index is -3.80. The summed E-state index contributed by atoms with van der Waals surface area (Å²) in [5.74, 6) is -1.63. The van der Waals surface area contributed by atoms with Gasteiger partial charge in [-0.15, -0.1) is 0 Å². The van der Waals surface area contributed by atoms with Crippen molar-refractivity contribution in [3.63, 3.8) is 0 Å². The van der Waals surface area contributed by atoms with Gasteiger partial charge < -0.3 is 15.4 Å². The molecule has 0 unspecified atom stereocenters. The zero-order valence-corrected chi connectivity index (χ0v) is 18.0. The fourth-order valence-corrected chi connectivity index (χ4v) is 3.67. The molecule has 0 atom stereocenters. The lowest BCUT2D eigenvalue weighted by atomic mass is 10.2. The van der Waals surface area contributed by atoms with Crippen molar-refractivity contribution in [2.45, 2.75) is 11.8 Å². The highest BCUT2D eigenvalue weighted by molar-refractivity contribution is 7.89. The SMILES string of the molecule is CC(=O)Nc1ccc(C(=O)OCC(=O)Nc2ccc(Cl)c(S(=O)(=O)N(C)C)c2)cc1. The standard InChI is InChI=1S/C19H20ClN3O6S/c1-12(24)21-14-6-4-13(5-7-14)19(26)29-11-18(25)22-15-8-9-16(20)17(10-15)30(27,28)23(2)3/h4-10H,11H2,1-3H3,(H,21,24)(H,22,25). The Kier molecular flexibility index (Phi) is 7.54. The number of hydrogen-bond donors (Lipinski definition) is 2. The molecule has 9 nitrogen and oxygen atoms in total. The second-order valence-corrected chi connectivity index (χ2v) is 8.84. The third-order valence-corrected chi connectivity index (χ3v) is 6.05. The van der Waals surface area contributed by atoms with Crippen molar-refractivity contribution in [1.29, 1.82) is 0 Å². The number of hydrogen-bond acceptors (Lipinski definition) is 6. The Hall–Kier alpha value is -2.95. The van der Waals surface area contributed by atoms with Crippen LogP contribution in [-0.4, -0.2) is 51.2 Å². The summed E-state index contributed by atoms with van der Waals surface area (Å²) in [6.07, 6.45) is 0. The summed E-state index contributed by atoms with van der Waals surface area (Å²) in [4.78, 5) is 35.0. The molecular formula is C19H20ClN3O6S. The largest absolute Gasteiger partial charge is 0.452 e. The van der Waals surface area contributed by atoms with E-state index >= 15 is 0 Å². The Morgan fingerprint density at radius 3 is 2.17 bits per heavy atom. The molecule has 0 spiro atoms. The van der Waals surface area contributed by atoms with Crippen molar-refractivity contribution in [3.8, 4) is 0 Å². The number of amides is 2. The van der Waals surface area contributed by atoms with E-state index in [1.54, 1.807) is 0 Å². The first-order valence-electron chi connectivity index (χ1n) is 8.57. The second kappa shape index (κ2) is 9.70. The first-order chi connectivity index (χ1) is 14.0. The predicted octanol–water partition coefficient (Wildman–Crippen LogP) is 2.34. The summed E-state index contributed by atoms with van der Waals surface area (Å²) in [6.45, 7) is 0.783. The number of anilines is 2. The van der Waals surface area contributed by atoms with Gasteiger partial charge in [-0.25, -0.2) is 17.5 Å². The summed E-state index contributed by atoms with van der Waals surface area (Å²) in [5, 5.41) is 5.03. The molecule has 2 aromatic carbocycles. The van der Waals surface area contributed by atoms with Crippen molar-refractivity contribution in [3.05, 3.63) is 53.1 Å².